The molecule has 0 saturated carbocycles. The van der Waals surface area contributed by atoms with Gasteiger partial charge in [-0.05, 0) is 19.1 Å². The summed E-state index contributed by atoms with van der Waals surface area (Å²) in [6, 6.07) is 11.7. The highest BCUT2D eigenvalue weighted by molar-refractivity contribution is 5.93. The van der Waals surface area contributed by atoms with Gasteiger partial charge < -0.3 is 9.64 Å². The molecule has 3 aromatic rings. The third-order valence-corrected chi connectivity index (χ3v) is 3.89. The summed E-state index contributed by atoms with van der Waals surface area (Å²) < 4.78 is 5.04. The predicted molar refractivity (Wildman–Crippen MR) is 93.9 cm³/mol. The van der Waals surface area contributed by atoms with Crippen molar-refractivity contribution in [2.24, 2.45) is 0 Å². The molecule has 0 atom stereocenters. The highest BCUT2D eigenvalue weighted by atomic mass is 16.5. The van der Waals surface area contributed by atoms with E-state index in [0.717, 1.165) is 22.6 Å². The number of hydrogen-bond acceptors (Lipinski definition) is 4. The minimum Gasteiger partial charge on any atom is -0.378 e. The summed E-state index contributed by atoms with van der Waals surface area (Å²) in [4.78, 5) is 14.2. The number of nitrogens with one attached hydrogen (secondary N) is 2. The summed E-state index contributed by atoms with van der Waals surface area (Å²) in [5.74, 6) is -0.131. The molecular formula is C18H21N5O2. The zero-order valence-electron chi connectivity index (χ0n) is 14.5. The average molecular weight is 339 g/mol. The Morgan fingerprint density at radius 1 is 1.16 bits per heavy atom. The van der Waals surface area contributed by atoms with Crippen molar-refractivity contribution in [1.82, 2.24) is 25.3 Å². The Kier molecular flexibility index (Phi) is 4.95. The fourth-order valence-corrected chi connectivity index (χ4v) is 2.55. The molecule has 7 heteroatoms. The van der Waals surface area contributed by atoms with Gasteiger partial charge in [-0.1, -0.05) is 29.8 Å². The minimum absolute atomic E-state index is 0.131. The first-order valence-electron chi connectivity index (χ1n) is 7.97. The van der Waals surface area contributed by atoms with Crippen molar-refractivity contribution in [2.45, 2.75) is 20.1 Å². The quantitative estimate of drug-likeness (QED) is 0.722. The van der Waals surface area contributed by atoms with E-state index < -0.39 is 0 Å². The molecule has 3 rings (SSSR count). The number of nitrogens with zero attached hydrogens (tertiary/aromatic N) is 3. The summed E-state index contributed by atoms with van der Waals surface area (Å²) in [5.41, 5.74) is 5.02. The van der Waals surface area contributed by atoms with E-state index in [1.54, 1.807) is 25.1 Å². The summed E-state index contributed by atoms with van der Waals surface area (Å²) in [5, 5.41) is 14.1. The second-order valence-corrected chi connectivity index (χ2v) is 6.01. The number of aromatic nitrogens is 4. The van der Waals surface area contributed by atoms with Crippen molar-refractivity contribution in [3.63, 3.8) is 0 Å². The van der Waals surface area contributed by atoms with Gasteiger partial charge in [-0.3, -0.25) is 15.0 Å². The first-order valence-corrected chi connectivity index (χ1v) is 7.97. The standard InChI is InChI=1S/C18H21N5O2/c1-12-4-6-13(7-5-12)16-9-17(22-21-16)18(24)23(2)10-14-8-15(11-25-3)20-19-14/h4-9H,10-11H2,1-3H3,(H,19,20)(H,21,22). The maximum Gasteiger partial charge on any atom is 0.271 e. The van der Waals surface area contributed by atoms with Crippen LogP contribution < -0.4 is 0 Å². The fraction of sp³-hybridized carbons (Fsp3) is 0.278. The van der Waals surface area contributed by atoms with Crippen molar-refractivity contribution >= 4 is 5.91 Å². The molecule has 0 aliphatic heterocycles. The molecule has 2 N–H and O–H groups in total. The maximum atomic E-state index is 12.6. The number of amides is 1. The average Bonchev–Trinajstić information content (AvgIpc) is 3.25. The number of rotatable bonds is 6. The van der Waals surface area contributed by atoms with Crippen LogP contribution in [0.4, 0.5) is 0 Å². The summed E-state index contributed by atoms with van der Waals surface area (Å²) >= 11 is 0. The van der Waals surface area contributed by atoms with Gasteiger partial charge >= 0.3 is 0 Å². The Morgan fingerprint density at radius 3 is 2.64 bits per heavy atom. The largest absolute Gasteiger partial charge is 0.378 e. The SMILES string of the molecule is COCc1cc(CN(C)C(=O)c2cc(-c3ccc(C)cc3)n[nH]2)[nH]n1. The van der Waals surface area contributed by atoms with Gasteiger partial charge in [0.2, 0.25) is 0 Å². The molecule has 0 bridgehead atoms. The van der Waals surface area contributed by atoms with Crippen molar-refractivity contribution in [3.8, 4) is 11.3 Å². The van der Waals surface area contributed by atoms with Crippen LogP contribution in [0.25, 0.3) is 11.3 Å². The van der Waals surface area contributed by atoms with Crippen molar-refractivity contribution < 1.29 is 9.53 Å². The van der Waals surface area contributed by atoms with Gasteiger partial charge in [0, 0.05) is 19.7 Å². The van der Waals surface area contributed by atoms with Crippen LogP contribution in [0.15, 0.2) is 36.4 Å². The Labute approximate surface area is 146 Å². The Morgan fingerprint density at radius 2 is 1.92 bits per heavy atom. The van der Waals surface area contributed by atoms with E-state index in [0.29, 0.717) is 18.8 Å². The van der Waals surface area contributed by atoms with E-state index in [4.69, 9.17) is 4.74 Å². The van der Waals surface area contributed by atoms with Crippen molar-refractivity contribution in [3.05, 3.63) is 59.0 Å². The molecule has 2 aromatic heterocycles. The van der Waals surface area contributed by atoms with Gasteiger partial charge in [0.25, 0.3) is 5.91 Å². The number of benzene rings is 1. The van der Waals surface area contributed by atoms with Crippen molar-refractivity contribution in [2.75, 3.05) is 14.2 Å². The lowest BCUT2D eigenvalue weighted by molar-refractivity contribution is 0.0777. The Bertz CT molecular complexity index is 850. The molecule has 7 nitrogen and oxygen atoms in total. The number of aromatic amines is 2. The molecule has 0 unspecified atom stereocenters. The monoisotopic (exact) mass is 339 g/mol. The smallest absolute Gasteiger partial charge is 0.271 e. The lowest BCUT2D eigenvalue weighted by Crippen LogP contribution is -2.26. The second-order valence-electron chi connectivity index (χ2n) is 6.01. The molecule has 2 heterocycles. The third kappa shape index (κ3) is 3.95. The van der Waals surface area contributed by atoms with Gasteiger partial charge in [0.1, 0.15) is 5.69 Å². The van der Waals surface area contributed by atoms with Crippen LogP contribution >= 0.6 is 0 Å². The fourth-order valence-electron chi connectivity index (χ4n) is 2.55. The normalized spacial score (nSPS) is 10.8. The van der Waals surface area contributed by atoms with Crippen LogP contribution in [0.2, 0.25) is 0 Å². The molecule has 1 aromatic carbocycles. The molecule has 0 radical (unpaired) electrons. The number of aryl methyl sites for hydroxylation is 1. The topological polar surface area (TPSA) is 86.9 Å². The van der Waals surface area contributed by atoms with Crippen molar-refractivity contribution in [1.29, 1.82) is 0 Å². The first kappa shape index (κ1) is 16.9. The van der Waals surface area contributed by atoms with E-state index in [1.165, 1.54) is 5.56 Å². The van der Waals surface area contributed by atoms with Gasteiger partial charge in [0.05, 0.1) is 30.2 Å². The van der Waals surface area contributed by atoms with Gasteiger partial charge in [-0.2, -0.15) is 10.2 Å². The number of ether oxygens (including phenoxy) is 1. The summed E-state index contributed by atoms with van der Waals surface area (Å²) in [6.45, 7) is 2.90. The van der Waals surface area contributed by atoms with Gasteiger partial charge in [-0.15, -0.1) is 0 Å². The first-order chi connectivity index (χ1) is 12.1. The molecule has 0 fully saturated rings. The van der Waals surface area contributed by atoms with Crippen LogP contribution in [0.3, 0.4) is 0 Å². The molecule has 130 valence electrons. The van der Waals surface area contributed by atoms with E-state index in [9.17, 15) is 4.79 Å². The lowest BCUT2D eigenvalue weighted by atomic mass is 10.1. The zero-order valence-corrected chi connectivity index (χ0v) is 14.5. The molecule has 0 saturated heterocycles. The van der Waals surface area contributed by atoms with Crippen LogP contribution in [0, 0.1) is 6.92 Å². The highest BCUT2D eigenvalue weighted by Crippen LogP contribution is 2.19. The van der Waals surface area contributed by atoms with E-state index in [1.807, 2.05) is 37.3 Å². The van der Waals surface area contributed by atoms with Gasteiger partial charge in [0.15, 0.2) is 0 Å². The number of H-pyrrole nitrogens is 2. The number of carbonyl (C=O) groups excluding carboxylic acids is 1. The molecule has 0 aliphatic carbocycles. The molecule has 0 spiro atoms. The predicted octanol–water partition coefficient (Wildman–Crippen LogP) is 2.53. The molecule has 25 heavy (non-hydrogen) atoms. The summed E-state index contributed by atoms with van der Waals surface area (Å²) in [6.07, 6.45) is 0. The van der Waals surface area contributed by atoms with Crippen LogP contribution in [-0.2, 0) is 17.9 Å². The van der Waals surface area contributed by atoms with Crippen LogP contribution in [-0.4, -0.2) is 45.4 Å². The third-order valence-electron chi connectivity index (χ3n) is 3.89. The van der Waals surface area contributed by atoms with E-state index >= 15 is 0 Å². The zero-order chi connectivity index (χ0) is 17.8. The lowest BCUT2D eigenvalue weighted by Gasteiger charge is -2.14. The highest BCUT2D eigenvalue weighted by Gasteiger charge is 2.16. The minimum atomic E-state index is -0.131. The molecule has 1 amide bonds. The van der Waals surface area contributed by atoms with Crippen LogP contribution in [0.5, 0.6) is 0 Å². The Balaban J connectivity index is 1.68. The molecular weight excluding hydrogens is 318 g/mol. The maximum absolute atomic E-state index is 12.6. The van der Waals surface area contributed by atoms with Crippen LogP contribution in [0.1, 0.15) is 27.4 Å². The second kappa shape index (κ2) is 7.31. The molecule has 0 aliphatic rings. The number of methoxy groups -OCH3 is 1. The van der Waals surface area contributed by atoms with E-state index in [2.05, 4.69) is 20.4 Å². The number of hydrogen-bond donors (Lipinski definition) is 2. The Hall–Kier alpha value is -2.93. The van der Waals surface area contributed by atoms with Gasteiger partial charge in [-0.25, -0.2) is 0 Å². The van der Waals surface area contributed by atoms with E-state index in [-0.39, 0.29) is 5.91 Å². The summed E-state index contributed by atoms with van der Waals surface area (Å²) in [7, 11) is 3.36. The number of carbonyl (C=O) groups is 1.